The van der Waals surface area contributed by atoms with E-state index < -0.39 is 11.6 Å². The maximum absolute atomic E-state index is 13.8. The molecule has 2 aromatic carbocycles. The highest BCUT2D eigenvalue weighted by atomic mass is 79.9. The van der Waals surface area contributed by atoms with Crippen molar-refractivity contribution >= 4 is 21.8 Å². The molecule has 1 aromatic heterocycles. The van der Waals surface area contributed by atoms with E-state index in [0.29, 0.717) is 11.4 Å². The third-order valence-electron chi connectivity index (χ3n) is 4.41. The third kappa shape index (κ3) is 4.73. The van der Waals surface area contributed by atoms with Gasteiger partial charge in [-0.1, -0.05) is 12.1 Å². The number of benzene rings is 2. The Balaban J connectivity index is 1.84. The molecule has 156 valence electrons. The van der Waals surface area contributed by atoms with Crippen molar-refractivity contribution in [2.45, 2.75) is 20.1 Å². The normalized spacial score (nSPS) is 10.7. The largest absolute Gasteiger partial charge is 0.472 e. The van der Waals surface area contributed by atoms with E-state index in [2.05, 4.69) is 26.2 Å². The van der Waals surface area contributed by atoms with Crippen LogP contribution in [0.25, 0.3) is 0 Å². The summed E-state index contributed by atoms with van der Waals surface area (Å²) in [5.41, 5.74) is 0.978. The Morgan fingerprint density at radius 2 is 2.00 bits per heavy atom. The molecule has 0 saturated carbocycles. The van der Waals surface area contributed by atoms with Crippen LogP contribution >= 0.6 is 15.9 Å². The number of aryl methyl sites for hydroxylation is 1. The first kappa shape index (κ1) is 21.6. The molecule has 6 nitrogen and oxygen atoms in total. The fourth-order valence-electron chi connectivity index (χ4n) is 2.82. The molecule has 0 saturated heterocycles. The minimum absolute atomic E-state index is 0.0107. The highest BCUT2D eigenvalue weighted by Crippen LogP contribution is 2.21. The Morgan fingerprint density at radius 1 is 1.23 bits per heavy atom. The number of amides is 1. The zero-order valence-electron chi connectivity index (χ0n) is 16.2. The average molecular weight is 478 g/mol. The molecule has 0 aliphatic heterocycles. The van der Waals surface area contributed by atoms with Crippen LogP contribution in [-0.4, -0.2) is 22.5 Å². The fraction of sp³-hybridized carbons (Fsp3) is 0.190. The lowest BCUT2D eigenvalue weighted by atomic mass is 10.1. The van der Waals surface area contributed by atoms with Gasteiger partial charge in [-0.25, -0.2) is 8.78 Å². The molecule has 0 unspecified atom stereocenters. The molecule has 0 aliphatic rings. The van der Waals surface area contributed by atoms with E-state index in [4.69, 9.17) is 4.74 Å². The van der Waals surface area contributed by atoms with Gasteiger partial charge in [0.15, 0.2) is 0 Å². The summed E-state index contributed by atoms with van der Waals surface area (Å²) in [6, 6.07) is 10.1. The molecule has 9 heteroatoms. The van der Waals surface area contributed by atoms with E-state index >= 15 is 0 Å². The van der Waals surface area contributed by atoms with Gasteiger partial charge in [-0.05, 0) is 52.7 Å². The van der Waals surface area contributed by atoms with Crippen LogP contribution in [0.4, 0.5) is 8.78 Å². The number of nitrogens with zero attached hydrogens (tertiary/aromatic N) is 2. The van der Waals surface area contributed by atoms with Crippen molar-refractivity contribution < 1.29 is 18.3 Å². The fourth-order valence-corrected chi connectivity index (χ4v) is 3.24. The second-order valence-electron chi connectivity index (χ2n) is 6.47. The first-order valence-electron chi connectivity index (χ1n) is 8.95. The third-order valence-corrected chi connectivity index (χ3v) is 5.09. The minimum atomic E-state index is -0.743. The Morgan fingerprint density at radius 3 is 2.70 bits per heavy atom. The zero-order valence-corrected chi connectivity index (χ0v) is 17.8. The second kappa shape index (κ2) is 9.17. The topological polar surface area (TPSA) is 73.2 Å². The molecule has 1 amide bonds. The van der Waals surface area contributed by atoms with Gasteiger partial charge < -0.3 is 10.1 Å². The predicted molar refractivity (Wildman–Crippen MR) is 111 cm³/mol. The first-order chi connectivity index (χ1) is 14.3. The van der Waals surface area contributed by atoms with Crippen molar-refractivity contribution in [2.75, 3.05) is 7.05 Å². The maximum atomic E-state index is 13.8. The zero-order chi connectivity index (χ0) is 21.8. The van der Waals surface area contributed by atoms with E-state index in [1.807, 2.05) is 0 Å². The number of nitrogens with one attached hydrogen (secondary N) is 1. The van der Waals surface area contributed by atoms with Crippen molar-refractivity contribution in [3.63, 3.8) is 0 Å². The maximum Gasteiger partial charge on any atom is 0.272 e. The van der Waals surface area contributed by atoms with Gasteiger partial charge in [0.25, 0.3) is 11.5 Å². The van der Waals surface area contributed by atoms with Crippen LogP contribution in [0.5, 0.6) is 5.88 Å². The molecule has 0 radical (unpaired) electrons. The standard InChI is InChI=1S/C21H18BrF2N3O3/c1-12-26-20(30-11-15-6-7-16(23)9-17(15)24)18(22)21(29)27(12)10-13-4-3-5-14(8-13)19(28)25-2/h3-9H,10-11H2,1-2H3,(H,25,28). The Labute approximate surface area is 179 Å². The number of halogens is 3. The smallest absolute Gasteiger partial charge is 0.272 e. The summed E-state index contributed by atoms with van der Waals surface area (Å²) in [4.78, 5) is 28.9. The number of carbonyl (C=O) groups excluding carboxylic acids is 1. The van der Waals surface area contributed by atoms with Gasteiger partial charge in [-0.3, -0.25) is 14.2 Å². The van der Waals surface area contributed by atoms with Crippen LogP contribution in [0.2, 0.25) is 0 Å². The van der Waals surface area contributed by atoms with Crippen molar-refractivity contribution in [2.24, 2.45) is 0 Å². The molecule has 1 heterocycles. The van der Waals surface area contributed by atoms with Gasteiger partial charge in [0.05, 0.1) is 6.54 Å². The SMILES string of the molecule is CNC(=O)c1cccc(Cn2c(C)nc(OCc3ccc(F)cc3F)c(Br)c2=O)c1. The molecule has 0 bridgehead atoms. The molecule has 0 fully saturated rings. The van der Waals surface area contributed by atoms with Crippen LogP contribution < -0.4 is 15.6 Å². The summed E-state index contributed by atoms with van der Waals surface area (Å²) in [7, 11) is 1.54. The number of aromatic nitrogens is 2. The number of hydrogen-bond acceptors (Lipinski definition) is 4. The van der Waals surface area contributed by atoms with Crippen LogP contribution in [0.15, 0.2) is 51.7 Å². The lowest BCUT2D eigenvalue weighted by Gasteiger charge is -2.14. The highest BCUT2D eigenvalue weighted by molar-refractivity contribution is 9.10. The van der Waals surface area contributed by atoms with Crippen molar-refractivity contribution in [3.05, 3.63) is 91.4 Å². The van der Waals surface area contributed by atoms with Crippen LogP contribution in [0.3, 0.4) is 0 Å². The second-order valence-corrected chi connectivity index (χ2v) is 7.27. The van der Waals surface area contributed by atoms with E-state index in [-0.39, 0.29) is 40.5 Å². The monoisotopic (exact) mass is 477 g/mol. The van der Waals surface area contributed by atoms with Gasteiger partial charge in [0.1, 0.15) is 28.5 Å². The van der Waals surface area contributed by atoms with Gasteiger partial charge in [-0.15, -0.1) is 0 Å². The van der Waals surface area contributed by atoms with Crippen molar-refractivity contribution in [1.29, 1.82) is 0 Å². The van der Waals surface area contributed by atoms with E-state index in [1.54, 1.807) is 38.2 Å². The van der Waals surface area contributed by atoms with E-state index in [9.17, 15) is 18.4 Å². The Kier molecular flexibility index (Phi) is 6.61. The summed E-state index contributed by atoms with van der Waals surface area (Å²) >= 11 is 3.19. The van der Waals surface area contributed by atoms with Crippen LogP contribution in [0.1, 0.15) is 27.3 Å². The summed E-state index contributed by atoms with van der Waals surface area (Å²) in [5.74, 6) is -1.27. The molecular weight excluding hydrogens is 460 g/mol. The first-order valence-corrected chi connectivity index (χ1v) is 9.74. The van der Waals surface area contributed by atoms with Gasteiger partial charge >= 0.3 is 0 Å². The summed E-state index contributed by atoms with van der Waals surface area (Å²) < 4.78 is 33.8. The molecule has 0 spiro atoms. The number of carbonyl (C=O) groups is 1. The quantitative estimate of drug-likeness (QED) is 0.588. The lowest BCUT2D eigenvalue weighted by Crippen LogP contribution is -2.26. The van der Waals surface area contributed by atoms with Gasteiger partial charge in [0, 0.05) is 24.2 Å². The molecule has 3 aromatic rings. The Bertz CT molecular complexity index is 1160. The molecule has 1 N–H and O–H groups in total. The van der Waals surface area contributed by atoms with Crippen molar-refractivity contribution in [3.8, 4) is 5.88 Å². The molecular formula is C21H18BrF2N3O3. The van der Waals surface area contributed by atoms with Gasteiger partial charge in [-0.2, -0.15) is 4.98 Å². The summed E-state index contributed by atoms with van der Waals surface area (Å²) in [6.07, 6.45) is 0. The number of hydrogen-bond donors (Lipinski definition) is 1. The average Bonchev–Trinajstić information content (AvgIpc) is 2.73. The highest BCUT2D eigenvalue weighted by Gasteiger charge is 2.16. The van der Waals surface area contributed by atoms with Crippen molar-refractivity contribution in [1.82, 2.24) is 14.9 Å². The molecule has 0 atom stereocenters. The number of rotatable bonds is 6. The van der Waals surface area contributed by atoms with Crippen LogP contribution in [0, 0.1) is 18.6 Å². The Hall–Kier alpha value is -3.07. The molecule has 30 heavy (non-hydrogen) atoms. The molecule has 3 rings (SSSR count). The van der Waals surface area contributed by atoms with Crippen LogP contribution in [-0.2, 0) is 13.2 Å². The molecule has 0 aliphatic carbocycles. The van der Waals surface area contributed by atoms with Gasteiger partial charge in [0.2, 0.25) is 5.88 Å². The summed E-state index contributed by atoms with van der Waals surface area (Å²) in [5, 5.41) is 2.55. The number of ether oxygens (including phenoxy) is 1. The lowest BCUT2D eigenvalue weighted by molar-refractivity contribution is 0.0963. The van der Waals surface area contributed by atoms with E-state index in [0.717, 1.165) is 17.7 Å². The predicted octanol–water partition coefficient (Wildman–Crippen LogP) is 3.58. The summed E-state index contributed by atoms with van der Waals surface area (Å²) in [6.45, 7) is 1.63. The minimum Gasteiger partial charge on any atom is -0.472 e. The van der Waals surface area contributed by atoms with E-state index in [1.165, 1.54) is 10.6 Å².